The second kappa shape index (κ2) is 4.55. The standard InChI is InChI=1S/C10H9Br2N3O/c1-2-5-8(12)9(13)15-10(14-5)6-3-4-7(11)16-6/h3-4H,2H2,1H3,(H2,13,14,15). The summed E-state index contributed by atoms with van der Waals surface area (Å²) in [6, 6.07) is 3.59. The first-order valence-electron chi connectivity index (χ1n) is 4.69. The first kappa shape index (κ1) is 11.6. The van der Waals surface area contributed by atoms with Crippen LogP contribution in [-0.4, -0.2) is 9.97 Å². The number of rotatable bonds is 2. The Morgan fingerprint density at radius 1 is 1.31 bits per heavy atom. The Hall–Kier alpha value is -0.880. The molecule has 16 heavy (non-hydrogen) atoms. The van der Waals surface area contributed by atoms with Crippen LogP contribution in [0.25, 0.3) is 11.6 Å². The van der Waals surface area contributed by atoms with Crippen LogP contribution in [0.5, 0.6) is 0 Å². The molecular formula is C10H9Br2N3O. The largest absolute Gasteiger partial charge is 0.446 e. The van der Waals surface area contributed by atoms with E-state index < -0.39 is 0 Å². The highest BCUT2D eigenvalue weighted by Gasteiger charge is 2.12. The van der Waals surface area contributed by atoms with E-state index in [4.69, 9.17) is 10.2 Å². The molecule has 0 saturated carbocycles. The summed E-state index contributed by atoms with van der Waals surface area (Å²) in [5, 5.41) is 0. The summed E-state index contributed by atoms with van der Waals surface area (Å²) in [6.07, 6.45) is 0.780. The monoisotopic (exact) mass is 345 g/mol. The highest BCUT2D eigenvalue weighted by molar-refractivity contribution is 9.10. The number of furan rings is 1. The summed E-state index contributed by atoms with van der Waals surface area (Å²) in [7, 11) is 0. The molecule has 0 spiro atoms. The summed E-state index contributed by atoms with van der Waals surface area (Å²) < 4.78 is 6.78. The van der Waals surface area contributed by atoms with Crippen LogP contribution in [-0.2, 0) is 6.42 Å². The van der Waals surface area contributed by atoms with Gasteiger partial charge in [-0.1, -0.05) is 6.92 Å². The lowest BCUT2D eigenvalue weighted by atomic mass is 10.3. The minimum atomic E-state index is 0.425. The second-order valence-corrected chi connectivity index (χ2v) is 4.73. The minimum absolute atomic E-state index is 0.425. The fraction of sp³-hybridized carbons (Fsp3) is 0.200. The number of hydrogen-bond donors (Lipinski definition) is 1. The SMILES string of the molecule is CCc1nc(-c2ccc(Br)o2)nc(N)c1Br. The molecule has 0 aromatic carbocycles. The van der Waals surface area contributed by atoms with E-state index in [0.29, 0.717) is 22.1 Å². The average Bonchev–Trinajstić information content (AvgIpc) is 2.69. The predicted molar refractivity (Wildman–Crippen MR) is 68.9 cm³/mol. The maximum Gasteiger partial charge on any atom is 0.197 e. The van der Waals surface area contributed by atoms with Gasteiger partial charge in [-0.15, -0.1) is 0 Å². The van der Waals surface area contributed by atoms with Crippen molar-refractivity contribution in [3.05, 3.63) is 27.0 Å². The van der Waals surface area contributed by atoms with Gasteiger partial charge >= 0.3 is 0 Å². The topological polar surface area (TPSA) is 64.9 Å². The highest BCUT2D eigenvalue weighted by Crippen LogP contribution is 2.27. The Bertz CT molecular complexity index is 525. The van der Waals surface area contributed by atoms with Gasteiger partial charge in [-0.25, -0.2) is 9.97 Å². The van der Waals surface area contributed by atoms with E-state index in [1.54, 1.807) is 12.1 Å². The Balaban J connectivity index is 2.54. The molecule has 2 heterocycles. The molecule has 4 nitrogen and oxygen atoms in total. The minimum Gasteiger partial charge on any atom is -0.446 e. The molecule has 0 radical (unpaired) electrons. The zero-order valence-corrected chi connectivity index (χ0v) is 11.7. The maximum atomic E-state index is 5.79. The van der Waals surface area contributed by atoms with Crippen molar-refractivity contribution in [3.63, 3.8) is 0 Å². The van der Waals surface area contributed by atoms with Crippen LogP contribution in [0.3, 0.4) is 0 Å². The molecule has 2 N–H and O–H groups in total. The van der Waals surface area contributed by atoms with Crippen LogP contribution in [0.4, 0.5) is 5.82 Å². The summed E-state index contributed by atoms with van der Waals surface area (Å²) >= 11 is 6.60. The van der Waals surface area contributed by atoms with Crippen LogP contribution >= 0.6 is 31.9 Å². The van der Waals surface area contributed by atoms with E-state index in [-0.39, 0.29) is 0 Å². The molecule has 2 aromatic heterocycles. The van der Waals surface area contributed by atoms with Crippen molar-refractivity contribution in [2.75, 3.05) is 5.73 Å². The van der Waals surface area contributed by atoms with Gasteiger partial charge < -0.3 is 10.2 Å². The molecule has 0 bridgehead atoms. The third-order valence-electron chi connectivity index (χ3n) is 2.07. The molecule has 0 fully saturated rings. The van der Waals surface area contributed by atoms with Gasteiger partial charge in [0.2, 0.25) is 0 Å². The van der Waals surface area contributed by atoms with Gasteiger partial charge in [0.1, 0.15) is 5.82 Å². The number of aromatic nitrogens is 2. The van der Waals surface area contributed by atoms with Crippen molar-refractivity contribution in [2.24, 2.45) is 0 Å². The summed E-state index contributed by atoms with van der Waals surface area (Å²) in [5.74, 6) is 1.53. The van der Waals surface area contributed by atoms with Crippen LogP contribution in [0.1, 0.15) is 12.6 Å². The van der Waals surface area contributed by atoms with Crippen molar-refractivity contribution >= 4 is 37.7 Å². The van der Waals surface area contributed by atoms with Gasteiger partial charge in [0, 0.05) is 0 Å². The molecule has 0 saturated heterocycles. The molecule has 6 heteroatoms. The fourth-order valence-corrected chi connectivity index (χ4v) is 2.06. The zero-order valence-electron chi connectivity index (χ0n) is 8.50. The normalized spacial score (nSPS) is 10.7. The van der Waals surface area contributed by atoms with Crippen molar-refractivity contribution in [2.45, 2.75) is 13.3 Å². The number of aryl methyl sites for hydroxylation is 1. The molecule has 2 rings (SSSR count). The third-order valence-corrected chi connectivity index (χ3v) is 3.36. The van der Waals surface area contributed by atoms with E-state index in [1.165, 1.54) is 0 Å². The Labute approximate surface area is 110 Å². The molecule has 0 unspecified atom stereocenters. The Kier molecular flexibility index (Phi) is 3.30. The molecule has 0 atom stereocenters. The van der Waals surface area contributed by atoms with E-state index in [1.807, 2.05) is 6.92 Å². The first-order valence-corrected chi connectivity index (χ1v) is 6.28. The maximum absolute atomic E-state index is 5.79. The smallest absolute Gasteiger partial charge is 0.197 e. The van der Waals surface area contributed by atoms with E-state index in [9.17, 15) is 0 Å². The zero-order chi connectivity index (χ0) is 11.7. The van der Waals surface area contributed by atoms with Crippen molar-refractivity contribution in [1.29, 1.82) is 0 Å². The van der Waals surface area contributed by atoms with Crippen LogP contribution in [0.2, 0.25) is 0 Å². The molecule has 84 valence electrons. The lowest BCUT2D eigenvalue weighted by molar-refractivity contribution is 0.551. The Morgan fingerprint density at radius 3 is 2.62 bits per heavy atom. The van der Waals surface area contributed by atoms with Crippen LogP contribution in [0.15, 0.2) is 25.7 Å². The van der Waals surface area contributed by atoms with Crippen molar-refractivity contribution in [1.82, 2.24) is 9.97 Å². The molecule has 0 amide bonds. The highest BCUT2D eigenvalue weighted by atomic mass is 79.9. The lowest BCUT2D eigenvalue weighted by Crippen LogP contribution is -2.01. The van der Waals surface area contributed by atoms with Gasteiger partial charge in [-0.2, -0.15) is 0 Å². The van der Waals surface area contributed by atoms with Crippen molar-refractivity contribution in [3.8, 4) is 11.6 Å². The van der Waals surface area contributed by atoms with E-state index in [0.717, 1.165) is 16.6 Å². The lowest BCUT2D eigenvalue weighted by Gasteiger charge is -2.05. The van der Waals surface area contributed by atoms with Gasteiger partial charge in [-0.3, -0.25) is 0 Å². The van der Waals surface area contributed by atoms with E-state index >= 15 is 0 Å². The van der Waals surface area contributed by atoms with E-state index in [2.05, 4.69) is 41.8 Å². The molecule has 2 aromatic rings. The molecule has 0 aliphatic carbocycles. The molecule has 0 aliphatic heterocycles. The number of halogens is 2. The molecule has 0 aliphatic rings. The van der Waals surface area contributed by atoms with Gasteiger partial charge in [0.25, 0.3) is 0 Å². The molecular weight excluding hydrogens is 338 g/mol. The average molecular weight is 347 g/mol. The van der Waals surface area contributed by atoms with Crippen LogP contribution in [0, 0.1) is 0 Å². The Morgan fingerprint density at radius 2 is 2.06 bits per heavy atom. The number of anilines is 1. The number of nitrogen functional groups attached to an aromatic ring is 1. The summed E-state index contributed by atoms with van der Waals surface area (Å²) in [4.78, 5) is 8.55. The second-order valence-electron chi connectivity index (χ2n) is 3.15. The summed E-state index contributed by atoms with van der Waals surface area (Å²) in [5.41, 5.74) is 6.66. The number of nitrogens with two attached hydrogens (primary N) is 1. The van der Waals surface area contributed by atoms with Gasteiger partial charge in [0.15, 0.2) is 16.3 Å². The third kappa shape index (κ3) is 2.12. The predicted octanol–water partition coefficient (Wildman–Crippen LogP) is 3.41. The first-order chi connectivity index (χ1) is 7.61. The van der Waals surface area contributed by atoms with Gasteiger partial charge in [-0.05, 0) is 50.4 Å². The van der Waals surface area contributed by atoms with Gasteiger partial charge in [0.05, 0.1) is 10.2 Å². The van der Waals surface area contributed by atoms with Crippen molar-refractivity contribution < 1.29 is 4.42 Å². The summed E-state index contributed by atoms with van der Waals surface area (Å²) in [6.45, 7) is 2.01. The number of hydrogen-bond acceptors (Lipinski definition) is 4. The fourth-order valence-electron chi connectivity index (χ4n) is 1.29. The van der Waals surface area contributed by atoms with Crippen LogP contribution < -0.4 is 5.73 Å². The quantitative estimate of drug-likeness (QED) is 0.904. The number of nitrogens with zero attached hydrogens (tertiary/aromatic N) is 2.